The lowest BCUT2D eigenvalue weighted by molar-refractivity contribution is 0.258. The Labute approximate surface area is 88.1 Å². The van der Waals surface area contributed by atoms with Crippen LogP contribution in [0.25, 0.3) is 0 Å². The van der Waals surface area contributed by atoms with Gasteiger partial charge in [-0.25, -0.2) is 8.42 Å². The molecule has 0 unspecified atom stereocenters. The highest BCUT2D eigenvalue weighted by Crippen LogP contribution is 2.21. The summed E-state index contributed by atoms with van der Waals surface area (Å²) in [6.45, 7) is 3.72. The third kappa shape index (κ3) is 3.71. The van der Waals surface area contributed by atoms with Crippen molar-refractivity contribution < 1.29 is 13.2 Å². The van der Waals surface area contributed by atoms with Crippen LogP contribution in [-0.4, -0.2) is 30.7 Å². The zero-order valence-corrected chi connectivity index (χ0v) is 9.69. The molecule has 1 amide bonds. The highest BCUT2D eigenvalue weighted by molar-refractivity contribution is 8.15. The van der Waals surface area contributed by atoms with Gasteiger partial charge >= 0.3 is 0 Å². The van der Waals surface area contributed by atoms with E-state index in [1.807, 2.05) is 13.8 Å². The highest BCUT2D eigenvalue weighted by atomic mass is 32.2. The van der Waals surface area contributed by atoms with E-state index in [-0.39, 0.29) is 22.3 Å². The maximum Gasteiger partial charge on any atom is 0.279 e. The summed E-state index contributed by atoms with van der Waals surface area (Å²) in [6.07, 6.45) is 1.56. The molecular formula is C8H13NO3S2. The monoisotopic (exact) mass is 235 g/mol. The van der Waals surface area contributed by atoms with Crippen molar-refractivity contribution in [2.75, 3.05) is 5.75 Å². The van der Waals surface area contributed by atoms with Crippen LogP contribution >= 0.6 is 11.8 Å². The summed E-state index contributed by atoms with van der Waals surface area (Å²) in [7, 11) is -3.05. The van der Waals surface area contributed by atoms with Crippen LogP contribution in [0.4, 0.5) is 4.79 Å². The zero-order valence-electron chi connectivity index (χ0n) is 8.06. The smallest absolute Gasteiger partial charge is 0.279 e. The number of hydrogen-bond donors (Lipinski definition) is 1. The molecule has 0 aromatic rings. The third-order valence-electron chi connectivity index (χ3n) is 1.56. The van der Waals surface area contributed by atoms with Crippen molar-refractivity contribution >= 4 is 26.8 Å². The molecule has 80 valence electrons. The summed E-state index contributed by atoms with van der Waals surface area (Å²) in [4.78, 5) is 11.2. The fourth-order valence-electron chi connectivity index (χ4n) is 1.03. The van der Waals surface area contributed by atoms with Crippen molar-refractivity contribution in [2.45, 2.75) is 25.1 Å². The van der Waals surface area contributed by atoms with Crippen molar-refractivity contribution in [1.29, 1.82) is 0 Å². The van der Waals surface area contributed by atoms with Crippen LogP contribution in [0, 0.1) is 0 Å². The van der Waals surface area contributed by atoms with Crippen LogP contribution in [0.3, 0.4) is 0 Å². The van der Waals surface area contributed by atoms with Crippen molar-refractivity contribution in [3.8, 4) is 0 Å². The second-order valence-electron chi connectivity index (χ2n) is 3.40. The Bertz CT molecular complexity index is 346. The average molecular weight is 235 g/mol. The number of sulfone groups is 1. The molecule has 0 aliphatic carbocycles. The zero-order chi connectivity index (χ0) is 10.8. The lowest BCUT2D eigenvalue weighted by Crippen LogP contribution is -2.28. The first-order chi connectivity index (χ1) is 6.39. The van der Waals surface area contributed by atoms with Crippen LogP contribution in [0.5, 0.6) is 0 Å². The van der Waals surface area contributed by atoms with Crippen molar-refractivity contribution in [3.63, 3.8) is 0 Å². The normalized spacial score (nSPS) is 24.1. The fourth-order valence-corrected chi connectivity index (χ4v) is 3.81. The topological polar surface area (TPSA) is 63.2 Å². The number of carbonyl (C=O) groups excluding carboxylic acids is 1. The SMILES string of the molecule is CC(C)NC(=O)S[C@H]1C=CS(=O)(=O)C1. The van der Waals surface area contributed by atoms with Crippen LogP contribution in [-0.2, 0) is 9.84 Å². The molecule has 0 aromatic carbocycles. The first-order valence-electron chi connectivity index (χ1n) is 4.27. The maximum atomic E-state index is 11.2. The first kappa shape index (κ1) is 11.6. The summed E-state index contributed by atoms with van der Waals surface area (Å²) >= 11 is 1.02. The predicted molar refractivity (Wildman–Crippen MR) is 58.0 cm³/mol. The van der Waals surface area contributed by atoms with Gasteiger partial charge in [-0.05, 0) is 13.8 Å². The van der Waals surface area contributed by atoms with Crippen LogP contribution in [0.2, 0.25) is 0 Å². The largest absolute Gasteiger partial charge is 0.345 e. The fraction of sp³-hybridized carbons (Fsp3) is 0.625. The number of hydrogen-bond acceptors (Lipinski definition) is 4. The molecule has 1 N–H and O–H groups in total. The van der Waals surface area contributed by atoms with Gasteiger partial charge in [0.25, 0.3) is 5.24 Å². The van der Waals surface area contributed by atoms with Crippen LogP contribution < -0.4 is 5.32 Å². The Morgan fingerprint density at radius 2 is 2.21 bits per heavy atom. The van der Waals surface area contributed by atoms with E-state index < -0.39 is 9.84 Å². The minimum absolute atomic E-state index is 0.0309. The van der Waals surface area contributed by atoms with Crippen molar-refractivity contribution in [1.82, 2.24) is 5.32 Å². The molecule has 4 nitrogen and oxygen atoms in total. The molecule has 0 radical (unpaired) electrons. The molecule has 14 heavy (non-hydrogen) atoms. The summed E-state index contributed by atoms with van der Waals surface area (Å²) in [6, 6.07) is 0.0805. The summed E-state index contributed by atoms with van der Waals surface area (Å²) < 4.78 is 22.0. The third-order valence-corrected chi connectivity index (χ3v) is 4.13. The summed E-state index contributed by atoms with van der Waals surface area (Å²) in [5, 5.41) is 3.45. The van der Waals surface area contributed by atoms with Gasteiger partial charge in [-0.1, -0.05) is 17.8 Å². The highest BCUT2D eigenvalue weighted by Gasteiger charge is 2.24. The van der Waals surface area contributed by atoms with E-state index in [0.717, 1.165) is 11.8 Å². The molecule has 1 atom stereocenters. The molecule has 6 heteroatoms. The van der Waals surface area contributed by atoms with Gasteiger partial charge in [0.15, 0.2) is 9.84 Å². The van der Waals surface area contributed by atoms with E-state index in [9.17, 15) is 13.2 Å². The Kier molecular flexibility index (Phi) is 3.60. The van der Waals surface area contributed by atoms with Gasteiger partial charge in [0.05, 0.1) is 5.75 Å². The molecule has 0 spiro atoms. The molecule has 1 rings (SSSR count). The van der Waals surface area contributed by atoms with E-state index in [1.54, 1.807) is 6.08 Å². The molecule has 0 fully saturated rings. The molecule has 1 heterocycles. The lowest BCUT2D eigenvalue weighted by Gasteiger charge is -2.09. The Morgan fingerprint density at radius 1 is 1.57 bits per heavy atom. The molecule has 0 aromatic heterocycles. The lowest BCUT2D eigenvalue weighted by atomic mass is 10.4. The summed E-state index contributed by atoms with van der Waals surface area (Å²) in [5.74, 6) is 0.0309. The standard InChI is InChI=1S/C8H13NO3S2/c1-6(2)9-8(10)13-7-3-4-14(11,12)5-7/h3-4,6-7H,5H2,1-2H3,(H,9,10)/t7-/m0/s1. The number of rotatable bonds is 2. The Hall–Kier alpha value is -0.490. The molecule has 1 aliphatic rings. The van der Waals surface area contributed by atoms with E-state index in [0.29, 0.717) is 0 Å². The van der Waals surface area contributed by atoms with E-state index in [2.05, 4.69) is 5.32 Å². The Balaban J connectivity index is 2.41. The van der Waals surface area contributed by atoms with E-state index in [4.69, 9.17) is 0 Å². The van der Waals surface area contributed by atoms with Gasteiger partial charge in [-0.15, -0.1) is 0 Å². The molecule has 1 aliphatic heterocycles. The number of amides is 1. The molecule has 0 bridgehead atoms. The van der Waals surface area contributed by atoms with Gasteiger partial charge in [0.1, 0.15) is 0 Å². The van der Waals surface area contributed by atoms with Crippen LogP contribution in [0.1, 0.15) is 13.8 Å². The van der Waals surface area contributed by atoms with Crippen molar-refractivity contribution in [3.05, 3.63) is 11.5 Å². The quantitative estimate of drug-likeness (QED) is 0.780. The van der Waals surface area contributed by atoms with Crippen molar-refractivity contribution in [2.24, 2.45) is 0 Å². The van der Waals surface area contributed by atoms with Gasteiger partial charge in [-0.2, -0.15) is 0 Å². The summed E-state index contributed by atoms with van der Waals surface area (Å²) in [5.41, 5.74) is 0. The van der Waals surface area contributed by atoms with Crippen LogP contribution in [0.15, 0.2) is 11.5 Å². The molecule has 0 saturated heterocycles. The van der Waals surface area contributed by atoms with E-state index in [1.165, 1.54) is 5.41 Å². The maximum absolute atomic E-state index is 11.2. The second kappa shape index (κ2) is 4.35. The van der Waals surface area contributed by atoms with Gasteiger partial charge in [0, 0.05) is 16.7 Å². The van der Waals surface area contributed by atoms with E-state index >= 15 is 0 Å². The minimum Gasteiger partial charge on any atom is -0.345 e. The minimum atomic E-state index is -3.05. The van der Waals surface area contributed by atoms with Gasteiger partial charge in [-0.3, -0.25) is 4.79 Å². The number of carbonyl (C=O) groups is 1. The molecular weight excluding hydrogens is 222 g/mol. The average Bonchev–Trinajstić information content (AvgIpc) is 2.27. The first-order valence-corrected chi connectivity index (χ1v) is 6.87. The molecule has 0 saturated carbocycles. The van der Waals surface area contributed by atoms with Gasteiger partial charge < -0.3 is 5.32 Å². The number of nitrogens with one attached hydrogen (secondary N) is 1. The number of thioether (sulfide) groups is 1. The second-order valence-corrected chi connectivity index (χ2v) is 6.54. The predicted octanol–water partition coefficient (Wildman–Crippen LogP) is 1.15. The Morgan fingerprint density at radius 3 is 2.64 bits per heavy atom. The van der Waals surface area contributed by atoms with Gasteiger partial charge in [0.2, 0.25) is 0 Å².